The minimum Gasteiger partial charge on any atom is -0.325 e. The molecule has 0 spiro atoms. The van der Waals surface area contributed by atoms with Gasteiger partial charge in [-0.25, -0.2) is 0 Å². The minimum absolute atomic E-state index is 0.0800. The molecule has 4 heteroatoms. The van der Waals surface area contributed by atoms with E-state index in [4.69, 9.17) is 0 Å². The number of benzene rings is 1. The van der Waals surface area contributed by atoms with Crippen LogP contribution in [0, 0.1) is 0 Å². The van der Waals surface area contributed by atoms with Crippen molar-refractivity contribution in [3.05, 3.63) is 30.3 Å². The monoisotopic (exact) mass is 289 g/mol. The van der Waals surface area contributed by atoms with Gasteiger partial charge < -0.3 is 10.6 Å². The van der Waals surface area contributed by atoms with Gasteiger partial charge in [-0.2, -0.15) is 0 Å². The summed E-state index contributed by atoms with van der Waals surface area (Å²) < 4.78 is 0. The van der Waals surface area contributed by atoms with Crippen LogP contribution in [0.15, 0.2) is 30.3 Å². The molecule has 3 atom stereocenters. The maximum absolute atomic E-state index is 12.5. The quantitative estimate of drug-likeness (QED) is 0.875. The maximum Gasteiger partial charge on any atom is 0.241 e. The van der Waals surface area contributed by atoms with E-state index < -0.39 is 0 Å². The number of carbonyl (C=O) groups excluding carboxylic acids is 1. The zero-order chi connectivity index (χ0) is 15.2. The van der Waals surface area contributed by atoms with Crippen molar-refractivity contribution in [3.63, 3.8) is 0 Å². The molecule has 2 rings (SSSR count). The Labute approximate surface area is 127 Å². The van der Waals surface area contributed by atoms with Crippen molar-refractivity contribution in [2.45, 2.75) is 51.2 Å². The van der Waals surface area contributed by atoms with E-state index in [9.17, 15) is 4.79 Å². The highest BCUT2D eigenvalue weighted by molar-refractivity contribution is 5.94. The van der Waals surface area contributed by atoms with E-state index >= 15 is 0 Å². The number of carbonyl (C=O) groups is 1. The van der Waals surface area contributed by atoms with E-state index in [1.54, 1.807) is 0 Å². The number of anilines is 1. The molecule has 2 N–H and O–H groups in total. The van der Waals surface area contributed by atoms with E-state index in [0.29, 0.717) is 12.1 Å². The predicted molar refractivity (Wildman–Crippen MR) is 87.4 cm³/mol. The third kappa shape index (κ3) is 4.05. The van der Waals surface area contributed by atoms with Crippen LogP contribution in [0.5, 0.6) is 0 Å². The Balaban J connectivity index is 2.02. The Bertz CT molecular complexity index is 449. The second-order valence-corrected chi connectivity index (χ2v) is 5.91. The third-order valence-electron chi connectivity index (χ3n) is 4.54. The number of hydrogen-bond acceptors (Lipinski definition) is 3. The molecule has 0 aromatic heterocycles. The summed E-state index contributed by atoms with van der Waals surface area (Å²) in [6.45, 7) is 5.21. The lowest BCUT2D eigenvalue weighted by Gasteiger charge is -2.42. The second-order valence-electron chi connectivity index (χ2n) is 5.91. The van der Waals surface area contributed by atoms with Crippen LogP contribution in [0.25, 0.3) is 0 Å². The van der Waals surface area contributed by atoms with Crippen LogP contribution < -0.4 is 10.6 Å². The molecule has 1 aromatic rings. The number of hydrogen-bond donors (Lipinski definition) is 2. The zero-order valence-electron chi connectivity index (χ0n) is 13.3. The SMILES string of the molecule is CNC(C)C1CCCCN1C(C)C(=O)Nc1ccccc1. The van der Waals surface area contributed by atoms with Crippen LogP contribution in [0.3, 0.4) is 0 Å². The highest BCUT2D eigenvalue weighted by atomic mass is 16.2. The standard InChI is InChI=1S/C17H27N3O/c1-13(18-3)16-11-7-8-12-20(16)14(2)17(21)19-15-9-5-4-6-10-15/h4-6,9-10,13-14,16,18H,7-8,11-12H2,1-3H3,(H,19,21). The van der Waals surface area contributed by atoms with Gasteiger partial charge >= 0.3 is 0 Å². The van der Waals surface area contributed by atoms with Gasteiger partial charge in [-0.05, 0) is 52.4 Å². The second kappa shape index (κ2) is 7.57. The lowest BCUT2D eigenvalue weighted by Crippen LogP contribution is -2.56. The fourth-order valence-corrected chi connectivity index (χ4v) is 3.11. The molecular formula is C17H27N3O. The first-order chi connectivity index (χ1) is 10.1. The summed E-state index contributed by atoms with van der Waals surface area (Å²) in [6, 6.07) is 10.4. The van der Waals surface area contributed by atoms with Crippen molar-refractivity contribution >= 4 is 11.6 Å². The van der Waals surface area contributed by atoms with Crippen molar-refractivity contribution in [1.82, 2.24) is 10.2 Å². The Morgan fingerprint density at radius 2 is 1.95 bits per heavy atom. The molecule has 1 saturated heterocycles. The summed E-state index contributed by atoms with van der Waals surface area (Å²) >= 11 is 0. The topological polar surface area (TPSA) is 44.4 Å². The molecule has 3 unspecified atom stereocenters. The number of piperidine rings is 1. The maximum atomic E-state index is 12.5. The summed E-state index contributed by atoms with van der Waals surface area (Å²) in [5, 5.41) is 6.35. The number of para-hydroxylation sites is 1. The smallest absolute Gasteiger partial charge is 0.241 e. The zero-order valence-corrected chi connectivity index (χ0v) is 13.3. The minimum atomic E-state index is -0.105. The molecule has 1 aliphatic heterocycles. The van der Waals surface area contributed by atoms with Crippen LogP contribution in [-0.2, 0) is 4.79 Å². The molecule has 1 aromatic carbocycles. The van der Waals surface area contributed by atoms with Crippen molar-refractivity contribution in [2.75, 3.05) is 18.9 Å². The number of nitrogens with one attached hydrogen (secondary N) is 2. The van der Waals surface area contributed by atoms with Crippen LogP contribution >= 0.6 is 0 Å². The van der Waals surface area contributed by atoms with E-state index in [1.807, 2.05) is 44.3 Å². The van der Waals surface area contributed by atoms with Crippen LogP contribution in [-0.4, -0.2) is 42.5 Å². The molecule has 21 heavy (non-hydrogen) atoms. The van der Waals surface area contributed by atoms with Crippen LogP contribution in [0.2, 0.25) is 0 Å². The summed E-state index contributed by atoms with van der Waals surface area (Å²) in [6.07, 6.45) is 3.58. The summed E-state index contributed by atoms with van der Waals surface area (Å²) in [7, 11) is 1.99. The third-order valence-corrected chi connectivity index (χ3v) is 4.54. The van der Waals surface area contributed by atoms with Crippen LogP contribution in [0.4, 0.5) is 5.69 Å². The fourth-order valence-electron chi connectivity index (χ4n) is 3.11. The van der Waals surface area contributed by atoms with E-state index in [-0.39, 0.29) is 11.9 Å². The van der Waals surface area contributed by atoms with Crippen LogP contribution in [0.1, 0.15) is 33.1 Å². The average Bonchev–Trinajstić information content (AvgIpc) is 2.54. The first-order valence-corrected chi connectivity index (χ1v) is 7.92. The molecule has 4 nitrogen and oxygen atoms in total. The number of nitrogens with zero attached hydrogens (tertiary/aromatic N) is 1. The Hall–Kier alpha value is -1.39. The van der Waals surface area contributed by atoms with Gasteiger partial charge in [0.05, 0.1) is 6.04 Å². The number of rotatable bonds is 5. The van der Waals surface area contributed by atoms with Gasteiger partial charge in [0.15, 0.2) is 0 Å². The summed E-state index contributed by atoms with van der Waals surface area (Å²) in [4.78, 5) is 14.8. The largest absolute Gasteiger partial charge is 0.325 e. The summed E-state index contributed by atoms with van der Waals surface area (Å²) in [5.41, 5.74) is 0.865. The first kappa shape index (κ1) is 16.0. The molecule has 0 saturated carbocycles. The van der Waals surface area contributed by atoms with E-state index in [0.717, 1.165) is 18.7 Å². The Morgan fingerprint density at radius 3 is 2.62 bits per heavy atom. The molecule has 1 fully saturated rings. The molecule has 0 bridgehead atoms. The first-order valence-electron chi connectivity index (χ1n) is 7.92. The normalized spacial score (nSPS) is 22.5. The van der Waals surface area contributed by atoms with Gasteiger partial charge in [-0.1, -0.05) is 24.6 Å². The average molecular weight is 289 g/mol. The van der Waals surface area contributed by atoms with E-state index in [2.05, 4.69) is 22.5 Å². The molecule has 1 aliphatic rings. The molecule has 1 heterocycles. The lowest BCUT2D eigenvalue weighted by molar-refractivity contribution is -0.122. The highest BCUT2D eigenvalue weighted by Gasteiger charge is 2.32. The van der Waals surface area contributed by atoms with Crippen molar-refractivity contribution in [3.8, 4) is 0 Å². The van der Waals surface area contributed by atoms with Crippen molar-refractivity contribution in [2.24, 2.45) is 0 Å². The van der Waals surface area contributed by atoms with Gasteiger partial charge in [0, 0.05) is 17.8 Å². The van der Waals surface area contributed by atoms with Gasteiger partial charge in [0.2, 0.25) is 5.91 Å². The summed E-state index contributed by atoms with van der Waals surface area (Å²) in [5.74, 6) is 0.0800. The predicted octanol–water partition coefficient (Wildman–Crippen LogP) is 2.48. The Morgan fingerprint density at radius 1 is 1.24 bits per heavy atom. The molecule has 0 aliphatic carbocycles. The number of amides is 1. The number of likely N-dealkylation sites (N-methyl/N-ethyl adjacent to an activating group) is 1. The Kier molecular flexibility index (Phi) is 5.76. The van der Waals surface area contributed by atoms with Gasteiger partial charge in [-0.15, -0.1) is 0 Å². The number of likely N-dealkylation sites (tertiary alicyclic amines) is 1. The lowest BCUT2D eigenvalue weighted by atomic mass is 9.94. The molecular weight excluding hydrogens is 262 g/mol. The molecule has 116 valence electrons. The van der Waals surface area contributed by atoms with Gasteiger partial charge in [0.1, 0.15) is 0 Å². The van der Waals surface area contributed by atoms with Crippen molar-refractivity contribution in [1.29, 1.82) is 0 Å². The highest BCUT2D eigenvalue weighted by Crippen LogP contribution is 2.22. The fraction of sp³-hybridized carbons (Fsp3) is 0.588. The van der Waals surface area contributed by atoms with Crippen molar-refractivity contribution < 1.29 is 4.79 Å². The van der Waals surface area contributed by atoms with Gasteiger partial charge in [-0.3, -0.25) is 9.69 Å². The molecule has 0 radical (unpaired) electrons. The van der Waals surface area contributed by atoms with E-state index in [1.165, 1.54) is 12.8 Å². The van der Waals surface area contributed by atoms with Gasteiger partial charge in [0.25, 0.3) is 0 Å². The molecule has 1 amide bonds.